The van der Waals surface area contributed by atoms with Crippen molar-refractivity contribution in [3.63, 3.8) is 0 Å². The summed E-state index contributed by atoms with van der Waals surface area (Å²) in [4.78, 5) is 3.54. The Morgan fingerprint density at radius 2 is 2.06 bits per heavy atom. The lowest BCUT2D eigenvalue weighted by molar-refractivity contribution is -0.137. The van der Waals surface area contributed by atoms with Gasteiger partial charge >= 0.3 is 6.18 Å². The normalized spacial score (nSPS) is 11.9. The summed E-state index contributed by atoms with van der Waals surface area (Å²) in [6, 6.07) is 0.810. The molecule has 1 rings (SSSR count). The van der Waals surface area contributed by atoms with Gasteiger partial charge in [0.15, 0.2) is 0 Å². The smallest absolute Gasteiger partial charge is 0.417 e. The average Bonchev–Trinajstić information content (AvgIpc) is 2.14. The van der Waals surface area contributed by atoms with E-state index in [4.69, 9.17) is 16.3 Å². The number of halogens is 4. The van der Waals surface area contributed by atoms with Gasteiger partial charge < -0.3 is 4.74 Å². The van der Waals surface area contributed by atoms with Gasteiger partial charge in [0, 0.05) is 6.20 Å². The van der Waals surface area contributed by atoms with Gasteiger partial charge in [-0.2, -0.15) is 13.2 Å². The summed E-state index contributed by atoms with van der Waals surface area (Å²) in [5, 5.41) is -0.129. The molecule has 16 heavy (non-hydrogen) atoms. The van der Waals surface area contributed by atoms with Crippen molar-refractivity contribution in [3.8, 4) is 5.88 Å². The number of aromatic nitrogens is 1. The van der Waals surface area contributed by atoms with Crippen LogP contribution in [0.5, 0.6) is 5.88 Å². The summed E-state index contributed by atoms with van der Waals surface area (Å²) in [6.07, 6.45) is -3.73. The van der Waals surface area contributed by atoms with Crippen LogP contribution in [0.2, 0.25) is 5.02 Å². The van der Waals surface area contributed by atoms with E-state index in [2.05, 4.69) is 4.98 Å². The molecular weight excluding hydrogens is 243 g/mol. The molecule has 0 spiro atoms. The lowest BCUT2D eigenvalue weighted by atomic mass is 10.2. The first kappa shape index (κ1) is 13.1. The summed E-state index contributed by atoms with van der Waals surface area (Å²) in [7, 11) is 0. The van der Waals surface area contributed by atoms with Crippen LogP contribution in [0.1, 0.15) is 19.4 Å². The van der Waals surface area contributed by atoms with Crippen LogP contribution >= 0.6 is 11.6 Å². The maximum atomic E-state index is 12.3. The van der Waals surface area contributed by atoms with Gasteiger partial charge in [-0.05, 0) is 12.0 Å². The highest BCUT2D eigenvalue weighted by molar-refractivity contribution is 6.31. The van der Waals surface area contributed by atoms with Crippen LogP contribution in [0.15, 0.2) is 12.3 Å². The van der Waals surface area contributed by atoms with Crippen molar-refractivity contribution < 1.29 is 17.9 Å². The molecule has 0 unspecified atom stereocenters. The Labute approximate surface area is 96.4 Å². The fourth-order valence-corrected chi connectivity index (χ4v) is 1.15. The van der Waals surface area contributed by atoms with Gasteiger partial charge in [-0.1, -0.05) is 25.4 Å². The molecule has 0 aliphatic carbocycles. The van der Waals surface area contributed by atoms with Crippen LogP contribution in [0.3, 0.4) is 0 Å². The molecule has 0 aliphatic rings. The molecule has 6 heteroatoms. The molecule has 1 aromatic heterocycles. The van der Waals surface area contributed by atoms with Crippen LogP contribution in [-0.2, 0) is 6.18 Å². The van der Waals surface area contributed by atoms with Crippen LogP contribution < -0.4 is 4.74 Å². The van der Waals surface area contributed by atoms with Gasteiger partial charge in [0.25, 0.3) is 0 Å². The highest BCUT2D eigenvalue weighted by Crippen LogP contribution is 2.33. The standard InChI is InChI=1S/C10H11ClF3NO/c1-6(2)5-16-9-8(11)3-7(4-15-9)10(12,13)14/h3-4,6H,5H2,1-2H3. The Morgan fingerprint density at radius 1 is 1.44 bits per heavy atom. The predicted molar refractivity (Wildman–Crippen MR) is 54.6 cm³/mol. The van der Waals surface area contributed by atoms with Gasteiger partial charge in [0.1, 0.15) is 5.02 Å². The van der Waals surface area contributed by atoms with Crippen LogP contribution in [0.25, 0.3) is 0 Å². The number of rotatable bonds is 3. The van der Waals surface area contributed by atoms with E-state index < -0.39 is 11.7 Å². The molecule has 2 nitrogen and oxygen atoms in total. The minimum absolute atomic E-state index is 0.0309. The monoisotopic (exact) mass is 253 g/mol. The van der Waals surface area contributed by atoms with E-state index in [9.17, 15) is 13.2 Å². The fourth-order valence-electron chi connectivity index (χ4n) is 0.932. The Hall–Kier alpha value is -0.970. The van der Waals surface area contributed by atoms with E-state index in [1.54, 1.807) is 0 Å². The molecule has 0 atom stereocenters. The molecule has 0 saturated heterocycles. The maximum Gasteiger partial charge on any atom is 0.417 e. The van der Waals surface area contributed by atoms with Crippen molar-refractivity contribution in [1.82, 2.24) is 4.98 Å². The number of ether oxygens (including phenoxy) is 1. The topological polar surface area (TPSA) is 22.1 Å². The van der Waals surface area contributed by atoms with E-state index in [0.717, 1.165) is 6.07 Å². The molecule has 0 saturated carbocycles. The molecule has 90 valence electrons. The van der Waals surface area contributed by atoms with Crippen molar-refractivity contribution in [2.24, 2.45) is 5.92 Å². The summed E-state index contributed by atoms with van der Waals surface area (Å²) in [5.74, 6) is 0.281. The lowest BCUT2D eigenvalue weighted by Gasteiger charge is -2.11. The zero-order valence-corrected chi connectivity index (χ0v) is 9.56. The van der Waals surface area contributed by atoms with E-state index in [0.29, 0.717) is 12.8 Å². The molecule has 1 heterocycles. The Balaban J connectivity index is 2.84. The first-order chi connectivity index (χ1) is 7.30. The highest BCUT2D eigenvalue weighted by Gasteiger charge is 2.31. The van der Waals surface area contributed by atoms with Crippen molar-refractivity contribution in [2.75, 3.05) is 6.61 Å². The second-order valence-electron chi connectivity index (χ2n) is 3.71. The Kier molecular flexibility index (Phi) is 4.02. The summed E-state index contributed by atoms with van der Waals surface area (Å²) in [6.45, 7) is 4.19. The molecule has 1 aromatic rings. The zero-order chi connectivity index (χ0) is 12.3. The third kappa shape index (κ3) is 3.56. The van der Waals surface area contributed by atoms with Crippen molar-refractivity contribution >= 4 is 11.6 Å². The first-order valence-corrected chi connectivity index (χ1v) is 5.04. The minimum atomic E-state index is -4.44. The predicted octanol–water partition coefficient (Wildman–Crippen LogP) is 3.79. The quantitative estimate of drug-likeness (QED) is 0.818. The highest BCUT2D eigenvalue weighted by atomic mass is 35.5. The number of pyridine rings is 1. The van der Waals surface area contributed by atoms with Crippen LogP contribution in [0.4, 0.5) is 13.2 Å². The number of hydrogen-bond acceptors (Lipinski definition) is 2. The Bertz CT molecular complexity index is 366. The third-order valence-corrected chi connectivity index (χ3v) is 1.96. The SMILES string of the molecule is CC(C)COc1ncc(C(F)(F)F)cc1Cl. The van der Waals surface area contributed by atoms with Gasteiger partial charge in [-0.15, -0.1) is 0 Å². The molecule has 0 fully saturated rings. The summed E-state index contributed by atoms with van der Waals surface area (Å²) in [5.41, 5.74) is -0.880. The molecule has 0 radical (unpaired) electrons. The van der Waals surface area contributed by atoms with E-state index in [1.165, 1.54) is 0 Å². The van der Waals surface area contributed by atoms with Crippen molar-refractivity contribution in [3.05, 3.63) is 22.8 Å². The summed E-state index contributed by atoms with van der Waals surface area (Å²) >= 11 is 5.63. The first-order valence-electron chi connectivity index (χ1n) is 4.66. The average molecular weight is 254 g/mol. The largest absolute Gasteiger partial charge is 0.476 e. The van der Waals surface area contributed by atoms with Crippen LogP contribution in [-0.4, -0.2) is 11.6 Å². The van der Waals surface area contributed by atoms with Gasteiger partial charge in [-0.25, -0.2) is 4.98 Å². The number of hydrogen-bond donors (Lipinski definition) is 0. The van der Waals surface area contributed by atoms with E-state index in [1.807, 2.05) is 13.8 Å². The van der Waals surface area contributed by atoms with E-state index >= 15 is 0 Å². The van der Waals surface area contributed by atoms with E-state index in [-0.39, 0.29) is 16.8 Å². The third-order valence-electron chi connectivity index (χ3n) is 1.69. The summed E-state index contributed by atoms with van der Waals surface area (Å²) < 4.78 is 42.0. The molecule has 0 N–H and O–H groups in total. The molecule has 0 aromatic carbocycles. The minimum Gasteiger partial charge on any atom is -0.476 e. The van der Waals surface area contributed by atoms with Crippen molar-refractivity contribution in [1.29, 1.82) is 0 Å². The molecule has 0 bridgehead atoms. The second kappa shape index (κ2) is 4.91. The second-order valence-corrected chi connectivity index (χ2v) is 4.12. The molecule has 0 amide bonds. The number of alkyl halides is 3. The maximum absolute atomic E-state index is 12.3. The van der Waals surface area contributed by atoms with Gasteiger partial charge in [0.2, 0.25) is 5.88 Å². The molecule has 0 aliphatic heterocycles. The van der Waals surface area contributed by atoms with Gasteiger partial charge in [-0.3, -0.25) is 0 Å². The zero-order valence-electron chi connectivity index (χ0n) is 8.81. The van der Waals surface area contributed by atoms with Crippen molar-refractivity contribution in [2.45, 2.75) is 20.0 Å². The van der Waals surface area contributed by atoms with Crippen LogP contribution in [0, 0.1) is 5.92 Å². The molecular formula is C10H11ClF3NO. The number of nitrogens with zero attached hydrogens (tertiary/aromatic N) is 1. The Morgan fingerprint density at radius 3 is 2.50 bits per heavy atom. The fraction of sp³-hybridized carbons (Fsp3) is 0.500. The lowest BCUT2D eigenvalue weighted by Crippen LogP contribution is -2.09. The van der Waals surface area contributed by atoms with Gasteiger partial charge in [0.05, 0.1) is 12.2 Å².